The Morgan fingerprint density at radius 3 is 2.72 bits per heavy atom. The number of aryl methyl sites for hydroxylation is 1. The van der Waals surface area contributed by atoms with Crippen LogP contribution in [-0.4, -0.2) is 16.5 Å². The number of aromatic nitrogens is 2. The molecule has 4 aromatic rings. The molecule has 0 radical (unpaired) electrons. The first-order chi connectivity index (χ1) is 14.3. The maximum Gasteiger partial charge on any atom is 0.124 e. The Labute approximate surface area is 175 Å². The number of aromatic amines is 1. The van der Waals surface area contributed by atoms with Crippen LogP contribution in [-0.2, 0) is 19.6 Å². The number of nitrogens with zero attached hydrogens (tertiary/aromatic N) is 1. The van der Waals surface area contributed by atoms with Crippen LogP contribution < -0.4 is 10.1 Å². The Morgan fingerprint density at radius 1 is 0.966 bits per heavy atom. The van der Waals surface area contributed by atoms with Gasteiger partial charge in [0.15, 0.2) is 0 Å². The number of nitrogens with one attached hydrogen (secondary N) is 2. The second-order valence-electron chi connectivity index (χ2n) is 7.01. The van der Waals surface area contributed by atoms with Gasteiger partial charge in [-0.25, -0.2) is 4.98 Å². The smallest absolute Gasteiger partial charge is 0.124 e. The number of para-hydroxylation sites is 3. The van der Waals surface area contributed by atoms with Gasteiger partial charge in [0, 0.05) is 23.6 Å². The zero-order valence-electron chi connectivity index (χ0n) is 16.2. The number of ether oxygens (including phenoxy) is 1. The van der Waals surface area contributed by atoms with E-state index in [2.05, 4.69) is 27.4 Å². The van der Waals surface area contributed by atoms with Crippen molar-refractivity contribution in [2.75, 3.05) is 6.54 Å². The number of halogens is 1. The largest absolute Gasteiger partial charge is 0.489 e. The molecule has 3 aromatic carbocycles. The Kier molecular flexibility index (Phi) is 6.45. The predicted octanol–water partition coefficient (Wildman–Crippen LogP) is 5.52. The van der Waals surface area contributed by atoms with Gasteiger partial charge in [0.05, 0.1) is 11.0 Å². The zero-order chi connectivity index (χ0) is 19.9. The number of hydrogen-bond donors (Lipinski definition) is 2. The van der Waals surface area contributed by atoms with Crippen LogP contribution in [0.2, 0.25) is 5.02 Å². The molecule has 0 aliphatic rings. The molecule has 4 nitrogen and oxygen atoms in total. The molecule has 0 saturated carbocycles. The van der Waals surface area contributed by atoms with Crippen LogP contribution in [0, 0.1) is 0 Å². The summed E-state index contributed by atoms with van der Waals surface area (Å²) in [6.45, 7) is 2.19. The molecule has 0 aliphatic carbocycles. The highest BCUT2D eigenvalue weighted by atomic mass is 35.5. The van der Waals surface area contributed by atoms with E-state index in [4.69, 9.17) is 16.3 Å². The van der Waals surface area contributed by atoms with Gasteiger partial charge in [-0.1, -0.05) is 54.1 Å². The maximum atomic E-state index is 6.05. The second kappa shape index (κ2) is 9.59. The van der Waals surface area contributed by atoms with E-state index in [0.29, 0.717) is 6.61 Å². The summed E-state index contributed by atoms with van der Waals surface area (Å²) < 4.78 is 6.02. The van der Waals surface area contributed by atoms with Crippen molar-refractivity contribution < 1.29 is 4.74 Å². The number of benzene rings is 3. The second-order valence-corrected chi connectivity index (χ2v) is 7.44. The third-order valence-corrected chi connectivity index (χ3v) is 5.01. The fraction of sp³-hybridized carbons (Fsp3) is 0.208. The molecule has 4 rings (SSSR count). The molecule has 0 spiro atoms. The standard InChI is InChI=1S/C24H24ClN3O/c25-20-9-5-7-18(15-20)17-29-23-12-4-1-8-19(23)16-26-14-6-13-24-27-21-10-2-3-11-22(21)28-24/h1-5,7-12,15,26H,6,13-14,16-17H2,(H,27,28). The molecule has 148 valence electrons. The zero-order valence-corrected chi connectivity index (χ0v) is 17.0. The van der Waals surface area contributed by atoms with Crippen LogP contribution in [0.3, 0.4) is 0 Å². The molecule has 0 aliphatic heterocycles. The van der Waals surface area contributed by atoms with Crippen molar-refractivity contribution in [3.8, 4) is 5.75 Å². The average molecular weight is 406 g/mol. The minimum absolute atomic E-state index is 0.504. The van der Waals surface area contributed by atoms with Crippen LogP contribution >= 0.6 is 11.6 Å². The molecular formula is C24H24ClN3O. The van der Waals surface area contributed by atoms with Crippen molar-refractivity contribution in [2.45, 2.75) is 26.0 Å². The van der Waals surface area contributed by atoms with E-state index >= 15 is 0 Å². The van der Waals surface area contributed by atoms with Crippen molar-refractivity contribution in [3.63, 3.8) is 0 Å². The van der Waals surface area contributed by atoms with Gasteiger partial charge in [0.1, 0.15) is 18.2 Å². The fourth-order valence-corrected chi connectivity index (χ4v) is 3.52. The highest BCUT2D eigenvalue weighted by Gasteiger charge is 2.05. The highest BCUT2D eigenvalue weighted by molar-refractivity contribution is 6.30. The lowest BCUT2D eigenvalue weighted by Gasteiger charge is -2.12. The van der Waals surface area contributed by atoms with Gasteiger partial charge in [-0.3, -0.25) is 0 Å². The van der Waals surface area contributed by atoms with Gasteiger partial charge in [0.2, 0.25) is 0 Å². The van der Waals surface area contributed by atoms with E-state index in [1.54, 1.807) is 0 Å². The summed E-state index contributed by atoms with van der Waals surface area (Å²) in [5, 5.41) is 4.24. The van der Waals surface area contributed by atoms with Crippen LogP contribution in [0.15, 0.2) is 72.8 Å². The first-order valence-electron chi connectivity index (χ1n) is 9.87. The van der Waals surface area contributed by atoms with E-state index in [1.165, 1.54) is 0 Å². The van der Waals surface area contributed by atoms with E-state index < -0.39 is 0 Å². The maximum absolute atomic E-state index is 6.05. The van der Waals surface area contributed by atoms with Crippen LogP contribution in [0.25, 0.3) is 11.0 Å². The third-order valence-electron chi connectivity index (χ3n) is 4.78. The normalized spacial score (nSPS) is 11.1. The van der Waals surface area contributed by atoms with Crippen LogP contribution in [0.4, 0.5) is 0 Å². The number of H-pyrrole nitrogens is 1. The van der Waals surface area contributed by atoms with Gasteiger partial charge in [-0.05, 0) is 48.9 Å². The lowest BCUT2D eigenvalue weighted by atomic mass is 10.2. The SMILES string of the molecule is Clc1cccc(COc2ccccc2CNCCCc2nc3ccccc3[nH]2)c1. The Hall–Kier alpha value is -2.82. The number of rotatable bonds is 9. The summed E-state index contributed by atoms with van der Waals surface area (Å²) in [4.78, 5) is 8.01. The minimum atomic E-state index is 0.504. The molecule has 0 unspecified atom stereocenters. The Balaban J connectivity index is 1.25. The van der Waals surface area contributed by atoms with Gasteiger partial charge >= 0.3 is 0 Å². The lowest BCUT2D eigenvalue weighted by molar-refractivity contribution is 0.302. The molecule has 1 heterocycles. The number of imidazole rings is 1. The fourth-order valence-electron chi connectivity index (χ4n) is 3.31. The lowest BCUT2D eigenvalue weighted by Crippen LogP contribution is -2.16. The molecule has 0 saturated heterocycles. The van der Waals surface area contributed by atoms with Gasteiger partial charge in [0.25, 0.3) is 0 Å². The van der Waals surface area contributed by atoms with Crippen LogP contribution in [0.1, 0.15) is 23.4 Å². The van der Waals surface area contributed by atoms with E-state index in [9.17, 15) is 0 Å². The van der Waals surface area contributed by atoms with Gasteiger partial charge in [-0.2, -0.15) is 0 Å². The van der Waals surface area contributed by atoms with Crippen molar-refractivity contribution in [1.29, 1.82) is 0 Å². The summed E-state index contributed by atoms with van der Waals surface area (Å²) >= 11 is 6.05. The third kappa shape index (κ3) is 5.37. The quantitative estimate of drug-likeness (QED) is 0.360. The molecule has 5 heteroatoms. The average Bonchev–Trinajstić information content (AvgIpc) is 3.16. The van der Waals surface area contributed by atoms with Crippen molar-refractivity contribution >= 4 is 22.6 Å². The van der Waals surface area contributed by atoms with E-state index in [0.717, 1.165) is 64.7 Å². The highest BCUT2D eigenvalue weighted by Crippen LogP contribution is 2.20. The first-order valence-corrected chi connectivity index (χ1v) is 10.3. The van der Waals surface area contributed by atoms with Crippen molar-refractivity contribution in [3.05, 3.63) is 94.8 Å². The summed E-state index contributed by atoms with van der Waals surface area (Å²) in [7, 11) is 0. The van der Waals surface area contributed by atoms with Gasteiger partial charge < -0.3 is 15.0 Å². The van der Waals surface area contributed by atoms with Crippen molar-refractivity contribution in [2.24, 2.45) is 0 Å². The Morgan fingerprint density at radius 2 is 1.83 bits per heavy atom. The van der Waals surface area contributed by atoms with Crippen molar-refractivity contribution in [1.82, 2.24) is 15.3 Å². The summed E-state index contributed by atoms with van der Waals surface area (Å²) in [5.74, 6) is 1.94. The molecule has 0 fully saturated rings. The van der Waals surface area contributed by atoms with E-state index in [-0.39, 0.29) is 0 Å². The molecule has 1 aromatic heterocycles. The predicted molar refractivity (Wildman–Crippen MR) is 118 cm³/mol. The molecule has 0 amide bonds. The summed E-state index contributed by atoms with van der Waals surface area (Å²) in [5.41, 5.74) is 4.34. The topological polar surface area (TPSA) is 49.9 Å². The Bertz CT molecular complexity index is 1040. The molecule has 2 N–H and O–H groups in total. The van der Waals surface area contributed by atoms with Crippen LogP contribution in [0.5, 0.6) is 5.75 Å². The molecule has 29 heavy (non-hydrogen) atoms. The van der Waals surface area contributed by atoms with Gasteiger partial charge in [-0.15, -0.1) is 0 Å². The number of fused-ring (bicyclic) bond motifs is 1. The first kappa shape index (κ1) is 19.5. The summed E-state index contributed by atoms with van der Waals surface area (Å²) in [6.07, 6.45) is 1.94. The monoisotopic (exact) mass is 405 g/mol. The van der Waals surface area contributed by atoms with E-state index in [1.807, 2.05) is 60.7 Å². The molecule has 0 bridgehead atoms. The molecule has 0 atom stereocenters. The number of hydrogen-bond acceptors (Lipinski definition) is 3. The summed E-state index contributed by atoms with van der Waals surface area (Å²) in [6, 6.07) is 24.0. The molecular weight excluding hydrogens is 382 g/mol. The minimum Gasteiger partial charge on any atom is -0.489 e.